The number of hydrogen-bond donors (Lipinski definition) is 1. The van der Waals surface area contributed by atoms with Crippen molar-refractivity contribution in [3.63, 3.8) is 0 Å². The maximum Gasteiger partial charge on any atom is 0.211 e. The summed E-state index contributed by atoms with van der Waals surface area (Å²) in [7, 11) is 0. The van der Waals surface area contributed by atoms with Crippen LogP contribution in [0.25, 0.3) is 11.4 Å². The van der Waals surface area contributed by atoms with E-state index in [-0.39, 0.29) is 5.25 Å². The summed E-state index contributed by atoms with van der Waals surface area (Å²) in [6.07, 6.45) is 0. The van der Waals surface area contributed by atoms with Gasteiger partial charge in [-0.2, -0.15) is 5.26 Å². The minimum absolute atomic E-state index is 0.206. The van der Waals surface area contributed by atoms with Gasteiger partial charge in [-0.05, 0) is 13.8 Å². The number of aromatic nitrogens is 3. The van der Waals surface area contributed by atoms with E-state index < -0.39 is 0 Å². The van der Waals surface area contributed by atoms with Crippen molar-refractivity contribution in [2.24, 2.45) is 0 Å². The molecule has 0 bridgehead atoms. The summed E-state index contributed by atoms with van der Waals surface area (Å²) >= 11 is 1.29. The predicted octanol–water partition coefficient (Wildman–Crippen LogP) is 1.97. The van der Waals surface area contributed by atoms with Crippen molar-refractivity contribution in [2.75, 3.05) is 5.84 Å². The zero-order chi connectivity index (χ0) is 13.1. The standard InChI is InChI=1S/C12H13N5S/c1-8-3-5-10(6-4-8)11-15-16-12(17(11)14)18-9(2)7-13/h3-6,9H,14H2,1-2H3/t9-/m0/s1. The maximum absolute atomic E-state index is 8.77. The van der Waals surface area contributed by atoms with Gasteiger partial charge in [0.25, 0.3) is 0 Å². The van der Waals surface area contributed by atoms with Gasteiger partial charge in [-0.3, -0.25) is 0 Å². The molecule has 0 spiro atoms. The van der Waals surface area contributed by atoms with Gasteiger partial charge in [-0.25, -0.2) is 4.68 Å². The fourth-order valence-corrected chi connectivity index (χ4v) is 2.10. The minimum Gasteiger partial charge on any atom is -0.335 e. The molecule has 2 rings (SSSR count). The zero-order valence-electron chi connectivity index (χ0n) is 10.2. The van der Waals surface area contributed by atoms with Gasteiger partial charge in [0.15, 0.2) is 5.82 Å². The van der Waals surface area contributed by atoms with E-state index in [2.05, 4.69) is 16.3 Å². The number of nitrogen functional groups attached to an aromatic ring is 1. The first-order valence-electron chi connectivity index (χ1n) is 5.45. The van der Waals surface area contributed by atoms with Gasteiger partial charge in [-0.1, -0.05) is 41.6 Å². The molecule has 0 amide bonds. The van der Waals surface area contributed by atoms with E-state index >= 15 is 0 Å². The van der Waals surface area contributed by atoms with Crippen LogP contribution in [-0.2, 0) is 0 Å². The van der Waals surface area contributed by atoms with Crippen molar-refractivity contribution in [2.45, 2.75) is 24.3 Å². The molecule has 92 valence electrons. The first kappa shape index (κ1) is 12.5. The molecule has 0 aliphatic heterocycles. The Kier molecular flexibility index (Phi) is 3.53. The van der Waals surface area contributed by atoms with Gasteiger partial charge >= 0.3 is 0 Å². The molecule has 0 fully saturated rings. The molecule has 1 heterocycles. The van der Waals surface area contributed by atoms with Gasteiger partial charge in [0.2, 0.25) is 5.16 Å². The molecule has 1 aromatic carbocycles. The molecule has 0 aliphatic carbocycles. The van der Waals surface area contributed by atoms with Crippen molar-refractivity contribution < 1.29 is 0 Å². The molecule has 0 saturated heterocycles. The van der Waals surface area contributed by atoms with E-state index in [1.165, 1.54) is 22.0 Å². The molecule has 18 heavy (non-hydrogen) atoms. The maximum atomic E-state index is 8.77. The molecule has 1 aromatic heterocycles. The Labute approximate surface area is 110 Å². The van der Waals surface area contributed by atoms with Gasteiger partial charge in [0, 0.05) is 5.56 Å². The Hall–Kier alpha value is -2.00. The number of benzene rings is 1. The Morgan fingerprint density at radius 3 is 2.61 bits per heavy atom. The van der Waals surface area contributed by atoms with E-state index in [0.29, 0.717) is 11.0 Å². The first-order chi connectivity index (χ1) is 8.61. The molecule has 0 unspecified atom stereocenters. The fraction of sp³-hybridized carbons (Fsp3) is 0.250. The molecular formula is C12H13N5S. The minimum atomic E-state index is -0.206. The van der Waals surface area contributed by atoms with E-state index in [0.717, 1.165) is 5.56 Å². The SMILES string of the molecule is Cc1ccc(-c2nnc(S[C@@H](C)C#N)n2N)cc1. The highest BCUT2D eigenvalue weighted by Crippen LogP contribution is 2.24. The van der Waals surface area contributed by atoms with Crippen LogP contribution in [0.1, 0.15) is 12.5 Å². The summed E-state index contributed by atoms with van der Waals surface area (Å²) in [5, 5.41) is 17.2. The lowest BCUT2D eigenvalue weighted by atomic mass is 10.1. The molecule has 1 atom stereocenters. The second-order valence-corrected chi connectivity index (χ2v) is 5.24. The molecule has 6 heteroatoms. The van der Waals surface area contributed by atoms with E-state index in [4.69, 9.17) is 11.1 Å². The van der Waals surface area contributed by atoms with Crippen LogP contribution in [0.2, 0.25) is 0 Å². The third-order valence-corrected chi connectivity index (χ3v) is 3.39. The van der Waals surface area contributed by atoms with Crippen LogP contribution in [-0.4, -0.2) is 20.1 Å². The normalized spacial score (nSPS) is 12.1. The van der Waals surface area contributed by atoms with Crippen LogP contribution in [0.4, 0.5) is 0 Å². The average Bonchev–Trinajstić information content (AvgIpc) is 2.72. The van der Waals surface area contributed by atoms with Gasteiger partial charge in [-0.15, -0.1) is 10.2 Å². The highest BCUT2D eigenvalue weighted by Gasteiger charge is 2.14. The summed E-state index contributed by atoms with van der Waals surface area (Å²) in [6.45, 7) is 3.82. The van der Waals surface area contributed by atoms with Crippen molar-refractivity contribution in [3.8, 4) is 17.5 Å². The van der Waals surface area contributed by atoms with Crippen molar-refractivity contribution >= 4 is 11.8 Å². The topological polar surface area (TPSA) is 80.5 Å². The molecule has 2 aromatic rings. The monoisotopic (exact) mass is 259 g/mol. The van der Waals surface area contributed by atoms with E-state index in [1.54, 1.807) is 6.92 Å². The Balaban J connectivity index is 2.31. The molecule has 0 saturated carbocycles. The van der Waals surface area contributed by atoms with Crippen LogP contribution in [0.15, 0.2) is 29.4 Å². The highest BCUT2D eigenvalue weighted by molar-refractivity contribution is 8.00. The van der Waals surface area contributed by atoms with E-state index in [1.807, 2.05) is 31.2 Å². The molecule has 5 nitrogen and oxygen atoms in total. The molecule has 0 aliphatic rings. The molecule has 0 radical (unpaired) electrons. The summed E-state index contributed by atoms with van der Waals surface area (Å²) < 4.78 is 1.42. The predicted molar refractivity (Wildman–Crippen MR) is 71.3 cm³/mol. The summed E-state index contributed by atoms with van der Waals surface area (Å²) in [5.74, 6) is 6.54. The highest BCUT2D eigenvalue weighted by atomic mass is 32.2. The zero-order valence-corrected chi connectivity index (χ0v) is 11.0. The van der Waals surface area contributed by atoms with Gasteiger partial charge in [0.05, 0.1) is 11.3 Å². The van der Waals surface area contributed by atoms with Crippen molar-refractivity contribution in [3.05, 3.63) is 29.8 Å². The average molecular weight is 259 g/mol. The number of thioether (sulfide) groups is 1. The largest absolute Gasteiger partial charge is 0.335 e. The Morgan fingerprint density at radius 1 is 1.33 bits per heavy atom. The van der Waals surface area contributed by atoms with E-state index in [9.17, 15) is 0 Å². The Bertz CT molecular complexity index is 582. The lowest BCUT2D eigenvalue weighted by molar-refractivity contribution is 0.847. The third kappa shape index (κ3) is 2.46. The number of rotatable bonds is 3. The first-order valence-corrected chi connectivity index (χ1v) is 6.33. The van der Waals surface area contributed by atoms with Crippen LogP contribution < -0.4 is 5.84 Å². The van der Waals surface area contributed by atoms with Gasteiger partial charge < -0.3 is 5.84 Å². The van der Waals surface area contributed by atoms with Crippen LogP contribution in [0, 0.1) is 18.3 Å². The lowest BCUT2D eigenvalue weighted by Gasteiger charge is -2.04. The van der Waals surface area contributed by atoms with Crippen molar-refractivity contribution in [1.82, 2.24) is 14.9 Å². The van der Waals surface area contributed by atoms with Crippen LogP contribution in [0.5, 0.6) is 0 Å². The Morgan fingerprint density at radius 2 is 2.00 bits per heavy atom. The van der Waals surface area contributed by atoms with Gasteiger partial charge in [0.1, 0.15) is 0 Å². The number of hydrogen-bond acceptors (Lipinski definition) is 5. The third-order valence-electron chi connectivity index (χ3n) is 2.44. The smallest absolute Gasteiger partial charge is 0.211 e. The molecular weight excluding hydrogens is 246 g/mol. The quantitative estimate of drug-likeness (QED) is 0.673. The van der Waals surface area contributed by atoms with Crippen LogP contribution >= 0.6 is 11.8 Å². The molecule has 2 N–H and O–H groups in total. The van der Waals surface area contributed by atoms with Crippen LogP contribution in [0.3, 0.4) is 0 Å². The summed E-state index contributed by atoms with van der Waals surface area (Å²) in [4.78, 5) is 0. The number of aryl methyl sites for hydroxylation is 1. The number of nitriles is 1. The summed E-state index contributed by atoms with van der Waals surface area (Å²) in [5.41, 5.74) is 2.08. The second kappa shape index (κ2) is 5.10. The lowest BCUT2D eigenvalue weighted by Crippen LogP contribution is -2.12. The summed E-state index contributed by atoms with van der Waals surface area (Å²) in [6, 6.07) is 10.0. The number of nitrogens with two attached hydrogens (primary N) is 1. The fourth-order valence-electron chi connectivity index (χ4n) is 1.44. The van der Waals surface area contributed by atoms with Crippen molar-refractivity contribution in [1.29, 1.82) is 5.26 Å². The number of nitrogens with zero attached hydrogens (tertiary/aromatic N) is 4. The second-order valence-electron chi connectivity index (χ2n) is 3.93.